The first-order valence-electron chi connectivity index (χ1n) is 11.1. The average Bonchev–Trinajstić information content (AvgIpc) is 3.64. The number of ether oxygens (including phenoxy) is 1. The van der Waals surface area contributed by atoms with Crippen molar-refractivity contribution in [1.82, 2.24) is 29.7 Å². The molecule has 176 valence electrons. The molecule has 12 nitrogen and oxygen atoms in total. The van der Waals surface area contributed by atoms with Gasteiger partial charge < -0.3 is 29.8 Å². The van der Waals surface area contributed by atoms with E-state index >= 15 is 0 Å². The zero-order valence-electron chi connectivity index (χ0n) is 18.0. The Bertz CT molecular complexity index is 1300. The number of aliphatic hydroxyl groups is 3. The summed E-state index contributed by atoms with van der Waals surface area (Å²) in [6, 6.07) is 9.12. The third kappa shape index (κ3) is 3.51. The van der Waals surface area contributed by atoms with E-state index < -0.39 is 30.6 Å². The number of hydrogen-bond acceptors (Lipinski definition) is 11. The van der Waals surface area contributed by atoms with Crippen molar-refractivity contribution < 1.29 is 24.5 Å². The van der Waals surface area contributed by atoms with Crippen LogP contribution in [0.4, 0.5) is 5.82 Å². The van der Waals surface area contributed by atoms with E-state index in [0.29, 0.717) is 17.0 Å². The van der Waals surface area contributed by atoms with Gasteiger partial charge in [0.1, 0.15) is 18.5 Å². The molecule has 0 spiro atoms. The Morgan fingerprint density at radius 2 is 1.82 bits per heavy atom. The molecule has 1 saturated heterocycles. The number of benzene rings is 1. The molecule has 4 aromatic rings. The summed E-state index contributed by atoms with van der Waals surface area (Å²) in [6.07, 6.45) is 0.294. The Balaban J connectivity index is 1.27. The SMILES string of the molecule is O[C@@H]1[C@H](O)[C@@H](c2nnc(-c3ccccc3)o2)O[C@H]1n1cnc2c(N[C@@H]3CCC[C@H]3O)ncnc21. The summed E-state index contributed by atoms with van der Waals surface area (Å²) in [5.41, 5.74) is 1.62. The molecular weight excluding hydrogens is 442 g/mol. The van der Waals surface area contributed by atoms with Crippen LogP contribution in [-0.4, -0.2) is 69.4 Å². The molecule has 0 amide bonds. The average molecular weight is 465 g/mol. The quantitative estimate of drug-likeness (QED) is 0.335. The van der Waals surface area contributed by atoms with Crippen molar-refractivity contribution in [3.8, 4) is 11.5 Å². The molecule has 6 atom stereocenters. The van der Waals surface area contributed by atoms with E-state index in [4.69, 9.17) is 9.15 Å². The fourth-order valence-corrected chi connectivity index (χ4v) is 4.57. The lowest BCUT2D eigenvalue weighted by atomic mass is 10.1. The van der Waals surface area contributed by atoms with E-state index in [1.807, 2.05) is 30.3 Å². The standard InChI is InChI=1S/C22H23N7O5/c30-13-8-4-7-12(13)26-18-14-19(24-9-23-18)29(10-25-14)22-16(32)15(31)17(33-22)21-28-27-20(34-21)11-5-2-1-3-6-11/h1-3,5-6,9-10,12-13,15-17,22,30-32H,4,7-8H2,(H,23,24,26)/t12-,13-,15+,16-,17+,22-/m1/s1. The van der Waals surface area contributed by atoms with Gasteiger partial charge in [0.15, 0.2) is 29.3 Å². The Morgan fingerprint density at radius 1 is 0.971 bits per heavy atom. The molecule has 4 N–H and O–H groups in total. The number of aromatic nitrogens is 6. The van der Waals surface area contributed by atoms with Gasteiger partial charge in [-0.1, -0.05) is 18.2 Å². The van der Waals surface area contributed by atoms with Gasteiger partial charge in [0, 0.05) is 5.56 Å². The molecule has 3 aromatic heterocycles. The molecule has 0 bridgehead atoms. The predicted octanol–water partition coefficient (Wildman–Crippen LogP) is 1.19. The molecule has 2 aliphatic rings. The summed E-state index contributed by atoms with van der Waals surface area (Å²) < 4.78 is 13.2. The van der Waals surface area contributed by atoms with Crippen LogP contribution in [0.5, 0.6) is 0 Å². The molecule has 4 heterocycles. The number of anilines is 1. The van der Waals surface area contributed by atoms with E-state index in [0.717, 1.165) is 24.8 Å². The first kappa shape index (κ1) is 21.1. The number of imidazole rings is 1. The maximum absolute atomic E-state index is 10.8. The van der Waals surface area contributed by atoms with Gasteiger partial charge in [0.25, 0.3) is 0 Å². The van der Waals surface area contributed by atoms with Crippen molar-refractivity contribution in [1.29, 1.82) is 0 Å². The Hall–Kier alpha value is -3.45. The van der Waals surface area contributed by atoms with Crippen molar-refractivity contribution in [2.24, 2.45) is 0 Å². The van der Waals surface area contributed by atoms with Crippen LogP contribution in [0.25, 0.3) is 22.6 Å². The molecule has 2 fully saturated rings. The molecule has 1 aliphatic heterocycles. The summed E-state index contributed by atoms with van der Waals surface area (Å²) >= 11 is 0. The van der Waals surface area contributed by atoms with Gasteiger partial charge in [-0.3, -0.25) is 4.57 Å². The minimum atomic E-state index is -1.31. The van der Waals surface area contributed by atoms with Crippen LogP contribution < -0.4 is 5.32 Å². The van der Waals surface area contributed by atoms with E-state index in [2.05, 4.69) is 30.5 Å². The monoisotopic (exact) mass is 465 g/mol. The molecule has 0 radical (unpaired) electrons. The second-order valence-corrected chi connectivity index (χ2v) is 8.54. The Labute approximate surface area is 193 Å². The fraction of sp³-hybridized carbons (Fsp3) is 0.409. The second kappa shape index (κ2) is 8.40. The molecule has 0 unspecified atom stereocenters. The third-order valence-corrected chi connectivity index (χ3v) is 6.38. The van der Waals surface area contributed by atoms with Crippen LogP contribution in [-0.2, 0) is 4.74 Å². The molecule has 1 aromatic carbocycles. The predicted molar refractivity (Wildman–Crippen MR) is 117 cm³/mol. The minimum absolute atomic E-state index is 0.0597. The lowest BCUT2D eigenvalue weighted by Crippen LogP contribution is -2.29. The first-order valence-corrected chi connectivity index (χ1v) is 11.1. The molecular formula is C22H23N7O5. The second-order valence-electron chi connectivity index (χ2n) is 8.54. The van der Waals surface area contributed by atoms with E-state index in [1.165, 1.54) is 17.2 Å². The Kier molecular flexibility index (Phi) is 5.21. The molecule has 1 saturated carbocycles. The zero-order chi connectivity index (χ0) is 23.2. The van der Waals surface area contributed by atoms with Gasteiger partial charge in [-0.2, -0.15) is 0 Å². The summed E-state index contributed by atoms with van der Waals surface area (Å²) in [5.74, 6) is 0.836. The number of fused-ring (bicyclic) bond motifs is 1. The minimum Gasteiger partial charge on any atom is -0.418 e. The summed E-state index contributed by atoms with van der Waals surface area (Å²) in [4.78, 5) is 13.0. The topological polar surface area (TPSA) is 164 Å². The molecule has 6 rings (SSSR count). The van der Waals surface area contributed by atoms with Crippen LogP contribution in [0.2, 0.25) is 0 Å². The normalized spacial score (nSPS) is 29.1. The van der Waals surface area contributed by atoms with Gasteiger partial charge in [-0.05, 0) is 31.4 Å². The Morgan fingerprint density at radius 3 is 2.62 bits per heavy atom. The number of aliphatic hydroxyl groups excluding tert-OH is 3. The molecule has 12 heteroatoms. The van der Waals surface area contributed by atoms with Gasteiger partial charge in [-0.25, -0.2) is 15.0 Å². The summed E-state index contributed by atoms with van der Waals surface area (Å²) in [7, 11) is 0. The van der Waals surface area contributed by atoms with Crippen molar-refractivity contribution in [3.63, 3.8) is 0 Å². The highest BCUT2D eigenvalue weighted by Crippen LogP contribution is 2.40. The maximum Gasteiger partial charge on any atom is 0.248 e. The lowest BCUT2D eigenvalue weighted by Gasteiger charge is -2.18. The highest BCUT2D eigenvalue weighted by Gasteiger charge is 2.47. The molecule has 34 heavy (non-hydrogen) atoms. The van der Waals surface area contributed by atoms with Crippen molar-refractivity contribution in [3.05, 3.63) is 48.9 Å². The summed E-state index contributed by atoms with van der Waals surface area (Å²) in [6.45, 7) is 0. The van der Waals surface area contributed by atoms with Gasteiger partial charge in [0.05, 0.1) is 18.5 Å². The van der Waals surface area contributed by atoms with Gasteiger partial charge in [-0.15, -0.1) is 10.2 Å². The number of nitrogens with one attached hydrogen (secondary N) is 1. The zero-order valence-corrected chi connectivity index (χ0v) is 18.0. The summed E-state index contributed by atoms with van der Waals surface area (Å²) in [5, 5.41) is 42.9. The van der Waals surface area contributed by atoms with Crippen LogP contribution in [0.3, 0.4) is 0 Å². The lowest BCUT2D eigenvalue weighted by molar-refractivity contribution is -0.0435. The number of rotatable bonds is 5. The van der Waals surface area contributed by atoms with E-state index in [-0.39, 0.29) is 17.8 Å². The number of hydrogen-bond donors (Lipinski definition) is 4. The van der Waals surface area contributed by atoms with Gasteiger partial charge >= 0.3 is 0 Å². The smallest absolute Gasteiger partial charge is 0.248 e. The van der Waals surface area contributed by atoms with Crippen LogP contribution >= 0.6 is 0 Å². The number of nitrogens with zero attached hydrogens (tertiary/aromatic N) is 6. The van der Waals surface area contributed by atoms with Crippen molar-refractivity contribution in [2.45, 2.75) is 55.9 Å². The third-order valence-electron chi connectivity index (χ3n) is 6.38. The fourth-order valence-electron chi connectivity index (χ4n) is 4.57. The van der Waals surface area contributed by atoms with Gasteiger partial charge in [0.2, 0.25) is 11.8 Å². The highest BCUT2D eigenvalue weighted by atomic mass is 16.6. The first-order chi connectivity index (χ1) is 16.6. The van der Waals surface area contributed by atoms with E-state index in [1.54, 1.807) is 0 Å². The van der Waals surface area contributed by atoms with Crippen LogP contribution in [0, 0.1) is 0 Å². The van der Waals surface area contributed by atoms with Crippen molar-refractivity contribution >= 4 is 17.0 Å². The van der Waals surface area contributed by atoms with Crippen molar-refractivity contribution in [2.75, 3.05) is 5.32 Å². The van der Waals surface area contributed by atoms with Crippen LogP contribution in [0.15, 0.2) is 47.4 Å². The maximum atomic E-state index is 10.8. The van der Waals surface area contributed by atoms with E-state index in [9.17, 15) is 15.3 Å². The van der Waals surface area contributed by atoms with Crippen LogP contribution in [0.1, 0.15) is 37.5 Å². The highest BCUT2D eigenvalue weighted by molar-refractivity contribution is 5.82. The molecule has 1 aliphatic carbocycles. The largest absolute Gasteiger partial charge is 0.418 e.